The maximum atomic E-state index is 11.3. The van der Waals surface area contributed by atoms with Crippen molar-refractivity contribution >= 4 is 39.9 Å². The van der Waals surface area contributed by atoms with Gasteiger partial charge in [-0.15, -0.1) is 0 Å². The highest BCUT2D eigenvalue weighted by Crippen LogP contribution is 2.38. The molecule has 2 aromatic carbocycles. The summed E-state index contributed by atoms with van der Waals surface area (Å²) >= 11 is 12.0. The van der Waals surface area contributed by atoms with Gasteiger partial charge in [-0.1, -0.05) is 35.3 Å². The molecule has 3 rings (SSSR count). The lowest BCUT2D eigenvalue weighted by atomic mass is 10.2. The van der Waals surface area contributed by atoms with Crippen molar-refractivity contribution in [1.82, 2.24) is 9.55 Å². The summed E-state index contributed by atoms with van der Waals surface area (Å²) in [7, 11) is 0. The highest BCUT2D eigenvalue weighted by atomic mass is 35.5. The Morgan fingerprint density at radius 1 is 1.30 bits per heavy atom. The minimum atomic E-state index is -0.576. The molecule has 8 heteroatoms. The van der Waals surface area contributed by atoms with Gasteiger partial charge in [0, 0.05) is 6.54 Å². The van der Waals surface area contributed by atoms with E-state index in [2.05, 4.69) is 4.98 Å². The summed E-state index contributed by atoms with van der Waals surface area (Å²) in [5.74, 6) is 0.779. The van der Waals surface area contributed by atoms with Gasteiger partial charge in [0.25, 0.3) is 0 Å². The van der Waals surface area contributed by atoms with Gasteiger partial charge < -0.3 is 9.67 Å². The number of fused-ring (bicyclic) bond motifs is 1. The zero-order chi connectivity index (χ0) is 16.7. The first-order valence-electron chi connectivity index (χ1n) is 6.65. The van der Waals surface area contributed by atoms with Crippen LogP contribution >= 0.6 is 23.2 Å². The summed E-state index contributed by atoms with van der Waals surface area (Å²) in [4.78, 5) is 15.0. The van der Waals surface area contributed by atoms with Gasteiger partial charge in [-0.25, -0.2) is 4.98 Å². The summed E-state index contributed by atoms with van der Waals surface area (Å²) in [6, 6.07) is 8.28. The van der Waals surface area contributed by atoms with E-state index in [0.717, 1.165) is 5.56 Å². The number of aromatic nitrogens is 2. The summed E-state index contributed by atoms with van der Waals surface area (Å²) in [5, 5.41) is 20.6. The van der Waals surface area contributed by atoms with Crippen LogP contribution in [0, 0.1) is 17.0 Å². The lowest BCUT2D eigenvalue weighted by Crippen LogP contribution is -2.02. The average Bonchev–Trinajstić information content (AvgIpc) is 2.78. The van der Waals surface area contributed by atoms with E-state index in [9.17, 15) is 15.2 Å². The van der Waals surface area contributed by atoms with E-state index < -0.39 is 4.92 Å². The number of phenolic OH excluding ortho intramolecular Hbond substituents is 1. The Morgan fingerprint density at radius 3 is 2.57 bits per heavy atom. The number of imidazole rings is 1. The molecule has 6 nitrogen and oxygen atoms in total. The molecular weight excluding hydrogens is 341 g/mol. The highest BCUT2D eigenvalue weighted by Gasteiger charge is 2.25. The molecule has 0 unspecified atom stereocenters. The van der Waals surface area contributed by atoms with E-state index in [1.54, 1.807) is 37.3 Å². The molecule has 0 aliphatic rings. The van der Waals surface area contributed by atoms with Crippen molar-refractivity contribution in [3.63, 3.8) is 0 Å². The van der Waals surface area contributed by atoms with E-state index in [1.165, 1.54) is 0 Å². The van der Waals surface area contributed by atoms with Crippen LogP contribution in [0.3, 0.4) is 0 Å². The Balaban J connectivity index is 2.20. The molecule has 0 atom stereocenters. The average molecular weight is 352 g/mol. The third kappa shape index (κ3) is 2.71. The molecule has 0 bridgehead atoms. The van der Waals surface area contributed by atoms with Crippen molar-refractivity contribution in [2.45, 2.75) is 13.5 Å². The van der Waals surface area contributed by atoms with Crippen LogP contribution in [0.15, 0.2) is 30.3 Å². The van der Waals surface area contributed by atoms with Gasteiger partial charge in [-0.3, -0.25) is 10.1 Å². The molecule has 0 saturated heterocycles. The fraction of sp³-hybridized carbons (Fsp3) is 0.133. The molecule has 0 aliphatic carbocycles. The second-order valence-electron chi connectivity index (χ2n) is 5.06. The zero-order valence-corrected chi connectivity index (χ0v) is 13.5. The SMILES string of the molecule is Cc1nc2c([N+](=O)[O-])c(Cl)c(Cl)cc2n1Cc1ccc(O)cc1. The second-order valence-corrected chi connectivity index (χ2v) is 5.84. The first-order valence-corrected chi connectivity index (χ1v) is 7.41. The van der Waals surface area contributed by atoms with Gasteiger partial charge in [0.05, 0.1) is 15.5 Å². The second kappa shape index (κ2) is 5.72. The van der Waals surface area contributed by atoms with Crippen molar-refractivity contribution in [2.75, 3.05) is 0 Å². The van der Waals surface area contributed by atoms with E-state index in [0.29, 0.717) is 17.9 Å². The molecule has 1 N–H and O–H groups in total. The molecule has 1 aromatic heterocycles. The van der Waals surface area contributed by atoms with Crippen LogP contribution in [-0.4, -0.2) is 19.6 Å². The van der Waals surface area contributed by atoms with Crippen LogP contribution in [0.4, 0.5) is 5.69 Å². The van der Waals surface area contributed by atoms with Gasteiger partial charge >= 0.3 is 5.69 Å². The van der Waals surface area contributed by atoms with Crippen molar-refractivity contribution in [3.05, 3.63) is 61.9 Å². The van der Waals surface area contributed by atoms with Crippen LogP contribution in [0.2, 0.25) is 10.0 Å². The van der Waals surface area contributed by atoms with Gasteiger partial charge in [0.1, 0.15) is 16.6 Å². The van der Waals surface area contributed by atoms with E-state index in [4.69, 9.17) is 23.2 Å². The molecule has 1 heterocycles. The third-order valence-corrected chi connectivity index (χ3v) is 4.34. The number of aryl methyl sites for hydroxylation is 1. The predicted octanol–water partition coefficient (Wildman–Crippen LogP) is 4.31. The van der Waals surface area contributed by atoms with Crippen LogP contribution in [0.5, 0.6) is 5.75 Å². The summed E-state index contributed by atoms with van der Waals surface area (Å²) in [5.41, 5.74) is 1.37. The standard InChI is InChI=1S/C15H11Cl2N3O3/c1-8-18-14-12(6-11(16)13(17)15(14)20(22)23)19(8)7-9-2-4-10(21)5-3-9/h2-6,21H,7H2,1H3. The lowest BCUT2D eigenvalue weighted by Gasteiger charge is -2.08. The van der Waals surface area contributed by atoms with Crippen molar-refractivity contribution in [1.29, 1.82) is 0 Å². The number of benzene rings is 2. The largest absolute Gasteiger partial charge is 0.508 e. The van der Waals surface area contributed by atoms with E-state index >= 15 is 0 Å². The summed E-state index contributed by atoms with van der Waals surface area (Å²) in [6.45, 7) is 2.20. The zero-order valence-electron chi connectivity index (χ0n) is 12.0. The minimum absolute atomic E-state index is 0.109. The quantitative estimate of drug-likeness (QED) is 0.562. The number of nitro benzene ring substituents is 1. The molecule has 118 valence electrons. The third-order valence-electron chi connectivity index (χ3n) is 3.56. The molecule has 0 aliphatic heterocycles. The number of hydrogen-bond donors (Lipinski definition) is 1. The number of phenols is 1. The topological polar surface area (TPSA) is 81.2 Å². The number of rotatable bonds is 3. The van der Waals surface area contributed by atoms with Gasteiger partial charge in [-0.05, 0) is 30.7 Å². The Hall–Kier alpha value is -2.31. The number of halogens is 2. The van der Waals surface area contributed by atoms with Gasteiger partial charge in [-0.2, -0.15) is 0 Å². The van der Waals surface area contributed by atoms with Crippen molar-refractivity contribution < 1.29 is 10.0 Å². The first-order chi connectivity index (χ1) is 10.9. The van der Waals surface area contributed by atoms with Crippen LogP contribution in [-0.2, 0) is 6.54 Å². The Bertz CT molecular complexity index is 920. The van der Waals surface area contributed by atoms with Gasteiger partial charge in [0.2, 0.25) is 0 Å². The Labute approximate surface area is 141 Å². The number of aromatic hydroxyl groups is 1. The molecule has 0 saturated carbocycles. The summed E-state index contributed by atoms with van der Waals surface area (Å²) in [6.07, 6.45) is 0. The van der Waals surface area contributed by atoms with Crippen LogP contribution in [0.1, 0.15) is 11.4 Å². The maximum absolute atomic E-state index is 11.3. The van der Waals surface area contributed by atoms with E-state index in [-0.39, 0.29) is 27.0 Å². The number of hydrogen-bond acceptors (Lipinski definition) is 4. The number of nitrogens with zero attached hydrogens (tertiary/aromatic N) is 3. The van der Waals surface area contributed by atoms with Crippen LogP contribution in [0.25, 0.3) is 11.0 Å². The Kier molecular flexibility index (Phi) is 3.87. The molecule has 0 amide bonds. The van der Waals surface area contributed by atoms with Crippen LogP contribution < -0.4 is 0 Å². The fourth-order valence-corrected chi connectivity index (χ4v) is 2.86. The molecule has 3 aromatic rings. The van der Waals surface area contributed by atoms with Crippen molar-refractivity contribution in [3.8, 4) is 5.75 Å². The van der Waals surface area contributed by atoms with Gasteiger partial charge in [0.15, 0.2) is 5.52 Å². The predicted molar refractivity (Wildman–Crippen MR) is 88.4 cm³/mol. The fourth-order valence-electron chi connectivity index (χ4n) is 2.45. The molecule has 23 heavy (non-hydrogen) atoms. The minimum Gasteiger partial charge on any atom is -0.508 e. The maximum Gasteiger partial charge on any atom is 0.317 e. The highest BCUT2D eigenvalue weighted by molar-refractivity contribution is 6.44. The normalized spacial score (nSPS) is 11.1. The lowest BCUT2D eigenvalue weighted by molar-refractivity contribution is -0.383. The molecule has 0 spiro atoms. The number of nitro groups is 1. The first kappa shape index (κ1) is 15.6. The van der Waals surface area contributed by atoms with Crippen molar-refractivity contribution in [2.24, 2.45) is 0 Å². The smallest absolute Gasteiger partial charge is 0.317 e. The Morgan fingerprint density at radius 2 is 1.96 bits per heavy atom. The molecular formula is C15H11Cl2N3O3. The monoisotopic (exact) mass is 351 g/mol. The molecule has 0 fully saturated rings. The van der Waals surface area contributed by atoms with E-state index in [1.807, 2.05) is 4.57 Å². The molecule has 0 radical (unpaired) electrons. The summed E-state index contributed by atoms with van der Waals surface area (Å²) < 4.78 is 1.82.